The average Bonchev–Trinajstić information content (AvgIpc) is 3.21. The molecule has 6 nitrogen and oxygen atoms in total. The molecule has 1 amide bonds. The fourth-order valence-electron chi connectivity index (χ4n) is 2.43. The van der Waals surface area contributed by atoms with E-state index in [-0.39, 0.29) is 11.8 Å². The van der Waals surface area contributed by atoms with Gasteiger partial charge in [-0.25, -0.2) is 4.68 Å². The van der Waals surface area contributed by atoms with Crippen LogP contribution in [0.1, 0.15) is 12.0 Å². The molecule has 0 aliphatic heterocycles. The molecule has 2 N–H and O–H groups in total. The summed E-state index contributed by atoms with van der Waals surface area (Å²) in [7, 11) is 0. The molecule has 3 rings (SSSR count). The van der Waals surface area contributed by atoms with Crippen LogP contribution < -0.4 is 5.32 Å². The van der Waals surface area contributed by atoms with Crippen molar-refractivity contribution >= 4 is 11.9 Å². The number of carboxylic acids is 1. The molecule has 1 aromatic carbocycles. The summed E-state index contributed by atoms with van der Waals surface area (Å²) >= 11 is 0. The Hall–Kier alpha value is -2.63. The van der Waals surface area contributed by atoms with Gasteiger partial charge in [-0.1, -0.05) is 18.2 Å². The molecule has 1 aliphatic carbocycles. The molecule has 1 saturated carbocycles. The Morgan fingerprint density at radius 2 is 2.05 bits per heavy atom. The second-order valence-corrected chi connectivity index (χ2v) is 5.46. The maximum absolute atomic E-state index is 11.7. The van der Waals surface area contributed by atoms with E-state index in [4.69, 9.17) is 5.11 Å². The lowest BCUT2D eigenvalue weighted by Gasteiger charge is -2.03. The smallest absolute Gasteiger partial charge is 0.307 e. The molecular weight excluding hydrogens is 282 g/mol. The number of carbonyl (C=O) groups excluding carboxylic acids is 1. The first-order valence-electron chi connectivity index (χ1n) is 7.24. The summed E-state index contributed by atoms with van der Waals surface area (Å²) in [6.45, 7) is 0.488. The fourth-order valence-corrected chi connectivity index (χ4v) is 2.43. The SMILES string of the molecule is O=C(O)[C@H]1C[C@@H]1C(=O)NCCc1cnn(-c2ccccc2)c1. The minimum absolute atomic E-state index is 0.164. The highest BCUT2D eigenvalue weighted by molar-refractivity contribution is 5.89. The van der Waals surface area contributed by atoms with E-state index in [1.165, 1.54) is 0 Å². The quantitative estimate of drug-likeness (QED) is 0.841. The number of carbonyl (C=O) groups is 2. The van der Waals surface area contributed by atoms with E-state index >= 15 is 0 Å². The third kappa shape index (κ3) is 3.16. The maximum Gasteiger partial charge on any atom is 0.307 e. The van der Waals surface area contributed by atoms with Crippen molar-refractivity contribution in [2.45, 2.75) is 12.8 Å². The minimum Gasteiger partial charge on any atom is -0.481 e. The molecule has 1 aromatic heterocycles. The van der Waals surface area contributed by atoms with E-state index in [0.717, 1.165) is 11.3 Å². The third-order valence-electron chi connectivity index (χ3n) is 3.81. The maximum atomic E-state index is 11.7. The summed E-state index contributed by atoms with van der Waals surface area (Å²) in [4.78, 5) is 22.5. The Balaban J connectivity index is 1.48. The zero-order valence-corrected chi connectivity index (χ0v) is 12.0. The number of aromatic nitrogens is 2. The molecular formula is C16H17N3O3. The minimum atomic E-state index is -0.885. The molecule has 0 radical (unpaired) electrons. The van der Waals surface area contributed by atoms with Crippen molar-refractivity contribution < 1.29 is 14.7 Å². The molecule has 1 fully saturated rings. The number of carboxylic acid groups (broad SMARTS) is 1. The lowest BCUT2D eigenvalue weighted by molar-refractivity contribution is -0.140. The van der Waals surface area contributed by atoms with Gasteiger partial charge in [0.05, 0.1) is 23.7 Å². The highest BCUT2D eigenvalue weighted by Crippen LogP contribution is 2.38. The van der Waals surface area contributed by atoms with Crippen LogP contribution in [0.25, 0.3) is 5.69 Å². The Morgan fingerprint density at radius 1 is 1.27 bits per heavy atom. The van der Waals surface area contributed by atoms with Gasteiger partial charge in [0.25, 0.3) is 0 Å². The van der Waals surface area contributed by atoms with Gasteiger partial charge in [-0.3, -0.25) is 9.59 Å². The number of hydrogen-bond acceptors (Lipinski definition) is 3. The van der Waals surface area contributed by atoms with Crippen molar-refractivity contribution in [1.29, 1.82) is 0 Å². The Morgan fingerprint density at radius 3 is 2.73 bits per heavy atom. The van der Waals surface area contributed by atoms with Crippen molar-refractivity contribution in [2.75, 3.05) is 6.54 Å². The van der Waals surface area contributed by atoms with E-state index in [0.29, 0.717) is 19.4 Å². The predicted molar refractivity (Wildman–Crippen MR) is 79.5 cm³/mol. The highest BCUT2D eigenvalue weighted by atomic mass is 16.4. The molecule has 2 atom stereocenters. The molecule has 2 aromatic rings. The van der Waals surface area contributed by atoms with Crippen LogP contribution in [0.4, 0.5) is 0 Å². The summed E-state index contributed by atoms with van der Waals surface area (Å²) in [5.41, 5.74) is 2.01. The number of nitrogens with one attached hydrogen (secondary N) is 1. The summed E-state index contributed by atoms with van der Waals surface area (Å²) < 4.78 is 1.79. The van der Waals surface area contributed by atoms with Gasteiger partial charge in [0.1, 0.15) is 0 Å². The molecule has 0 spiro atoms. The van der Waals surface area contributed by atoms with Crippen LogP contribution in [-0.4, -0.2) is 33.3 Å². The number of benzene rings is 1. The number of amides is 1. The number of para-hydroxylation sites is 1. The van der Waals surface area contributed by atoms with Gasteiger partial charge in [0.2, 0.25) is 5.91 Å². The summed E-state index contributed by atoms with van der Waals surface area (Å²) in [6.07, 6.45) is 4.82. The van der Waals surface area contributed by atoms with Gasteiger partial charge >= 0.3 is 5.97 Å². The van der Waals surface area contributed by atoms with Crippen molar-refractivity contribution in [3.63, 3.8) is 0 Å². The second kappa shape index (κ2) is 6.01. The molecule has 1 aliphatic rings. The van der Waals surface area contributed by atoms with Crippen LogP contribution >= 0.6 is 0 Å². The van der Waals surface area contributed by atoms with E-state index < -0.39 is 11.9 Å². The van der Waals surface area contributed by atoms with E-state index in [1.807, 2.05) is 36.5 Å². The molecule has 0 unspecified atom stereocenters. The lowest BCUT2D eigenvalue weighted by atomic mass is 10.2. The molecule has 0 saturated heterocycles. The van der Waals surface area contributed by atoms with Crippen LogP contribution in [0.5, 0.6) is 0 Å². The van der Waals surface area contributed by atoms with Gasteiger partial charge in [0, 0.05) is 12.7 Å². The Labute approximate surface area is 127 Å². The normalized spacial score (nSPS) is 19.6. The van der Waals surface area contributed by atoms with Gasteiger partial charge in [0.15, 0.2) is 0 Å². The highest BCUT2D eigenvalue weighted by Gasteiger charge is 2.48. The van der Waals surface area contributed by atoms with Gasteiger partial charge in [-0.15, -0.1) is 0 Å². The monoisotopic (exact) mass is 299 g/mol. The molecule has 114 valence electrons. The number of aliphatic carboxylic acids is 1. The van der Waals surface area contributed by atoms with Gasteiger partial charge in [-0.05, 0) is 30.5 Å². The number of hydrogen-bond donors (Lipinski definition) is 2. The van der Waals surface area contributed by atoms with Crippen LogP contribution in [-0.2, 0) is 16.0 Å². The average molecular weight is 299 g/mol. The molecule has 22 heavy (non-hydrogen) atoms. The van der Waals surface area contributed by atoms with Crippen LogP contribution in [0.15, 0.2) is 42.7 Å². The van der Waals surface area contributed by atoms with Crippen LogP contribution in [0.3, 0.4) is 0 Å². The molecule has 1 heterocycles. The second-order valence-electron chi connectivity index (χ2n) is 5.46. The first kappa shape index (κ1) is 14.3. The van der Waals surface area contributed by atoms with Crippen molar-refractivity contribution in [2.24, 2.45) is 11.8 Å². The zero-order valence-electron chi connectivity index (χ0n) is 12.0. The predicted octanol–water partition coefficient (Wildman–Crippen LogP) is 1.25. The zero-order chi connectivity index (χ0) is 15.5. The standard InChI is InChI=1S/C16H17N3O3/c20-15(13-8-14(13)16(21)22)17-7-6-11-9-18-19(10-11)12-4-2-1-3-5-12/h1-5,9-10,13-14H,6-8H2,(H,17,20)(H,21,22)/t13-,14-/m0/s1. The van der Waals surface area contributed by atoms with Crippen LogP contribution in [0, 0.1) is 11.8 Å². The summed E-state index contributed by atoms with van der Waals surface area (Å²) in [5, 5.41) is 15.9. The van der Waals surface area contributed by atoms with E-state index in [9.17, 15) is 9.59 Å². The largest absolute Gasteiger partial charge is 0.481 e. The topological polar surface area (TPSA) is 84.2 Å². The Bertz CT molecular complexity index is 681. The lowest BCUT2D eigenvalue weighted by Crippen LogP contribution is -2.28. The number of rotatable bonds is 6. The number of nitrogens with zero attached hydrogens (tertiary/aromatic N) is 2. The fraction of sp³-hybridized carbons (Fsp3) is 0.312. The molecule has 6 heteroatoms. The van der Waals surface area contributed by atoms with Crippen LogP contribution in [0.2, 0.25) is 0 Å². The van der Waals surface area contributed by atoms with Crippen molar-refractivity contribution in [1.82, 2.24) is 15.1 Å². The Kier molecular flexibility index (Phi) is 3.91. The first-order chi connectivity index (χ1) is 10.6. The van der Waals surface area contributed by atoms with Gasteiger partial charge < -0.3 is 10.4 Å². The van der Waals surface area contributed by atoms with E-state index in [1.54, 1.807) is 10.9 Å². The van der Waals surface area contributed by atoms with E-state index in [2.05, 4.69) is 10.4 Å². The molecule has 0 bridgehead atoms. The third-order valence-corrected chi connectivity index (χ3v) is 3.81. The summed E-state index contributed by atoms with van der Waals surface area (Å²) in [5.74, 6) is -1.91. The van der Waals surface area contributed by atoms with Gasteiger partial charge in [-0.2, -0.15) is 5.10 Å². The first-order valence-corrected chi connectivity index (χ1v) is 7.24. The van der Waals surface area contributed by atoms with Crippen molar-refractivity contribution in [3.8, 4) is 5.69 Å². The van der Waals surface area contributed by atoms with Crippen molar-refractivity contribution in [3.05, 3.63) is 48.3 Å². The summed E-state index contributed by atoms with van der Waals surface area (Å²) in [6, 6.07) is 9.79.